The molecule has 0 spiro atoms. The van der Waals surface area contributed by atoms with E-state index < -0.39 is 5.54 Å². The Labute approximate surface area is 117 Å². The molecule has 0 aliphatic carbocycles. The third kappa shape index (κ3) is 2.19. The van der Waals surface area contributed by atoms with Crippen LogP contribution in [0.1, 0.15) is 39.2 Å². The van der Waals surface area contributed by atoms with Crippen molar-refractivity contribution in [3.63, 3.8) is 0 Å². The van der Waals surface area contributed by atoms with Crippen molar-refractivity contribution < 1.29 is 9.59 Å². The summed E-state index contributed by atoms with van der Waals surface area (Å²) in [7, 11) is 0. The van der Waals surface area contributed by atoms with Crippen LogP contribution >= 0.6 is 0 Å². The number of nitrogen functional groups attached to an aromatic ring is 1. The lowest BCUT2D eigenvalue weighted by atomic mass is 9.96. The molecule has 108 valence electrons. The highest BCUT2D eigenvalue weighted by Crippen LogP contribution is 2.33. The number of carbonyl (C=O) groups is 2. The number of hydrogen-bond acceptors (Lipinski definition) is 6. The quantitative estimate of drug-likeness (QED) is 0.760. The molecule has 0 saturated carbocycles. The molecule has 2 amide bonds. The molecule has 1 saturated heterocycles. The van der Waals surface area contributed by atoms with E-state index in [4.69, 9.17) is 5.73 Å². The third-order valence-corrected chi connectivity index (χ3v) is 3.51. The number of imide groups is 1. The van der Waals surface area contributed by atoms with Crippen LogP contribution in [0.2, 0.25) is 0 Å². The fraction of sp³-hybridized carbons (Fsp3) is 0.538. The number of aromatic nitrogens is 2. The van der Waals surface area contributed by atoms with Gasteiger partial charge in [0, 0.05) is 5.56 Å². The second-order valence-corrected chi connectivity index (χ2v) is 5.67. The summed E-state index contributed by atoms with van der Waals surface area (Å²) in [5, 5.41) is 2.34. The van der Waals surface area contributed by atoms with E-state index in [0.717, 1.165) is 5.56 Å². The molecule has 1 aliphatic rings. The highest BCUT2D eigenvalue weighted by molar-refractivity contribution is 6.06. The van der Waals surface area contributed by atoms with Crippen LogP contribution in [0.25, 0.3) is 0 Å². The molecule has 1 aromatic rings. The molecule has 0 atom stereocenters. The second-order valence-electron chi connectivity index (χ2n) is 5.67. The maximum Gasteiger partial charge on any atom is 0.251 e. The predicted molar refractivity (Wildman–Crippen MR) is 75.1 cm³/mol. The molecule has 1 aliphatic heterocycles. The van der Waals surface area contributed by atoms with Crippen molar-refractivity contribution in [1.82, 2.24) is 15.3 Å². The van der Waals surface area contributed by atoms with E-state index >= 15 is 0 Å². The van der Waals surface area contributed by atoms with Crippen molar-refractivity contribution in [3.05, 3.63) is 11.9 Å². The van der Waals surface area contributed by atoms with Crippen LogP contribution in [0, 0.1) is 0 Å². The second kappa shape index (κ2) is 4.73. The van der Waals surface area contributed by atoms with Crippen LogP contribution in [0.5, 0.6) is 0 Å². The first-order chi connectivity index (χ1) is 9.25. The van der Waals surface area contributed by atoms with Crippen molar-refractivity contribution in [2.75, 3.05) is 17.2 Å². The maximum absolute atomic E-state index is 12.0. The van der Waals surface area contributed by atoms with E-state index in [2.05, 4.69) is 15.3 Å². The van der Waals surface area contributed by atoms with Crippen molar-refractivity contribution in [2.45, 2.75) is 39.2 Å². The Bertz CT molecular complexity index is 568. The molecular formula is C13H19N5O2. The van der Waals surface area contributed by atoms with E-state index in [1.165, 1.54) is 6.33 Å². The largest absolute Gasteiger partial charge is 0.383 e. The summed E-state index contributed by atoms with van der Waals surface area (Å²) in [5.74, 6) is 0.309. The van der Waals surface area contributed by atoms with E-state index in [1.54, 1.807) is 18.7 Å². The first kappa shape index (κ1) is 14.2. The monoisotopic (exact) mass is 277 g/mol. The Morgan fingerprint density at radius 3 is 2.60 bits per heavy atom. The summed E-state index contributed by atoms with van der Waals surface area (Å²) in [6, 6.07) is 0. The van der Waals surface area contributed by atoms with Gasteiger partial charge < -0.3 is 10.6 Å². The van der Waals surface area contributed by atoms with Crippen LogP contribution < -0.4 is 16.0 Å². The van der Waals surface area contributed by atoms with Crippen LogP contribution in [0.3, 0.4) is 0 Å². The van der Waals surface area contributed by atoms with Gasteiger partial charge in [0.05, 0.1) is 6.54 Å². The van der Waals surface area contributed by atoms with Crippen LogP contribution in [-0.4, -0.2) is 33.9 Å². The molecule has 2 heterocycles. The topological polar surface area (TPSA) is 101 Å². The molecule has 0 unspecified atom stereocenters. The zero-order chi connectivity index (χ0) is 15.1. The number of anilines is 2. The number of rotatable bonds is 2. The molecule has 3 N–H and O–H groups in total. The first-order valence-electron chi connectivity index (χ1n) is 6.47. The van der Waals surface area contributed by atoms with Gasteiger partial charge in [0.25, 0.3) is 5.91 Å². The molecule has 1 aromatic heterocycles. The van der Waals surface area contributed by atoms with Crippen molar-refractivity contribution in [3.8, 4) is 0 Å². The van der Waals surface area contributed by atoms with Crippen LogP contribution in [0.4, 0.5) is 11.6 Å². The number of amides is 2. The summed E-state index contributed by atoms with van der Waals surface area (Å²) >= 11 is 0. The van der Waals surface area contributed by atoms with Gasteiger partial charge in [-0.25, -0.2) is 9.97 Å². The van der Waals surface area contributed by atoms with Crippen molar-refractivity contribution >= 4 is 23.5 Å². The third-order valence-electron chi connectivity index (χ3n) is 3.51. The molecule has 0 radical (unpaired) electrons. The molecule has 0 aromatic carbocycles. The normalized spacial score (nSPS) is 18.4. The number of carbonyl (C=O) groups excluding carboxylic acids is 2. The molecular weight excluding hydrogens is 258 g/mol. The fourth-order valence-electron chi connectivity index (χ4n) is 2.29. The van der Waals surface area contributed by atoms with E-state index in [1.807, 2.05) is 13.8 Å². The average molecular weight is 277 g/mol. The van der Waals surface area contributed by atoms with Gasteiger partial charge in [0.15, 0.2) is 0 Å². The van der Waals surface area contributed by atoms with Crippen molar-refractivity contribution in [2.24, 2.45) is 0 Å². The number of nitrogens with zero attached hydrogens (tertiary/aromatic N) is 3. The summed E-state index contributed by atoms with van der Waals surface area (Å²) in [5.41, 5.74) is 5.80. The minimum absolute atomic E-state index is 0.0644. The minimum atomic E-state index is -0.877. The van der Waals surface area contributed by atoms with Gasteiger partial charge >= 0.3 is 0 Å². The fourth-order valence-corrected chi connectivity index (χ4v) is 2.29. The Morgan fingerprint density at radius 2 is 2.00 bits per heavy atom. The van der Waals surface area contributed by atoms with Gasteiger partial charge in [-0.05, 0) is 19.8 Å². The Morgan fingerprint density at radius 1 is 1.35 bits per heavy atom. The molecule has 2 rings (SSSR count). The average Bonchev–Trinajstić information content (AvgIpc) is 2.33. The van der Waals surface area contributed by atoms with E-state index in [0.29, 0.717) is 11.6 Å². The zero-order valence-corrected chi connectivity index (χ0v) is 12.1. The number of piperazine rings is 1. The Balaban J connectivity index is 2.57. The lowest BCUT2D eigenvalue weighted by molar-refractivity contribution is -0.135. The number of hydrogen-bond donors (Lipinski definition) is 2. The molecule has 7 nitrogen and oxygen atoms in total. The van der Waals surface area contributed by atoms with Gasteiger partial charge in [0.2, 0.25) is 5.91 Å². The Kier molecular flexibility index (Phi) is 3.37. The van der Waals surface area contributed by atoms with Crippen LogP contribution in [0.15, 0.2) is 6.33 Å². The summed E-state index contributed by atoms with van der Waals surface area (Å²) in [6.07, 6.45) is 1.35. The molecule has 20 heavy (non-hydrogen) atoms. The first-order valence-corrected chi connectivity index (χ1v) is 6.47. The van der Waals surface area contributed by atoms with Gasteiger partial charge in [0.1, 0.15) is 23.5 Å². The number of nitrogens with one attached hydrogen (secondary N) is 1. The maximum atomic E-state index is 12.0. The van der Waals surface area contributed by atoms with Crippen molar-refractivity contribution in [1.29, 1.82) is 0 Å². The number of nitrogens with two attached hydrogens (primary N) is 1. The lowest BCUT2D eigenvalue weighted by Crippen LogP contribution is -2.64. The minimum Gasteiger partial charge on any atom is -0.383 e. The standard InChI is InChI=1S/C13H19N5O2/c1-7(2)9-10(14)15-6-16-11(9)18-5-8(19)17-12(20)13(18,3)4/h6-7H,5H2,1-4H3,(H2,14,15,16)(H,17,19,20). The highest BCUT2D eigenvalue weighted by atomic mass is 16.2. The van der Waals surface area contributed by atoms with E-state index in [9.17, 15) is 9.59 Å². The zero-order valence-electron chi connectivity index (χ0n) is 12.1. The SMILES string of the molecule is CC(C)c1c(N)ncnc1N1CC(=O)NC(=O)C1(C)C. The van der Waals surface area contributed by atoms with Gasteiger partial charge in [-0.1, -0.05) is 13.8 Å². The summed E-state index contributed by atoms with van der Waals surface area (Å²) in [6.45, 7) is 7.50. The summed E-state index contributed by atoms with van der Waals surface area (Å²) in [4.78, 5) is 33.6. The predicted octanol–water partition coefficient (Wildman–Crippen LogP) is 0.424. The summed E-state index contributed by atoms with van der Waals surface area (Å²) < 4.78 is 0. The Hall–Kier alpha value is -2.18. The molecule has 0 bridgehead atoms. The molecule has 7 heteroatoms. The van der Waals surface area contributed by atoms with Crippen LogP contribution in [-0.2, 0) is 9.59 Å². The van der Waals surface area contributed by atoms with Gasteiger partial charge in [-0.3, -0.25) is 14.9 Å². The highest BCUT2D eigenvalue weighted by Gasteiger charge is 2.42. The van der Waals surface area contributed by atoms with E-state index in [-0.39, 0.29) is 24.3 Å². The van der Waals surface area contributed by atoms with Gasteiger partial charge in [-0.15, -0.1) is 0 Å². The van der Waals surface area contributed by atoms with Gasteiger partial charge in [-0.2, -0.15) is 0 Å². The lowest BCUT2D eigenvalue weighted by Gasteiger charge is -2.42. The molecule has 1 fully saturated rings. The smallest absolute Gasteiger partial charge is 0.251 e.